The largest absolute Gasteiger partial charge is 0.493 e. The van der Waals surface area contributed by atoms with Crippen LogP contribution in [0.3, 0.4) is 0 Å². The summed E-state index contributed by atoms with van der Waals surface area (Å²) in [4.78, 5) is 2.12. The van der Waals surface area contributed by atoms with E-state index in [-0.39, 0.29) is 6.04 Å². The molecular weight excluding hydrogens is 412 g/mol. The van der Waals surface area contributed by atoms with Gasteiger partial charge in [-0.2, -0.15) is 0 Å². The number of halogens is 1. The van der Waals surface area contributed by atoms with Crippen molar-refractivity contribution < 1.29 is 4.74 Å². The molecule has 3 aromatic rings. The summed E-state index contributed by atoms with van der Waals surface area (Å²) in [6, 6.07) is 9.43. The van der Waals surface area contributed by atoms with Gasteiger partial charge in [0, 0.05) is 35.6 Å². The maximum absolute atomic E-state index is 8.71. The smallest absolute Gasteiger partial charge is 0.203 e. The van der Waals surface area contributed by atoms with Gasteiger partial charge in [-0.15, -0.1) is 10.2 Å². The van der Waals surface area contributed by atoms with E-state index in [4.69, 9.17) is 21.7 Å². The zero-order valence-corrected chi connectivity index (χ0v) is 18.8. The molecule has 1 atom stereocenters. The molecule has 7 nitrogen and oxygen atoms in total. The number of hydrogen-bond donors (Lipinski definition) is 2. The molecule has 1 aliphatic heterocycles. The zero-order chi connectivity index (χ0) is 22.3. The molecule has 0 spiro atoms. The van der Waals surface area contributed by atoms with Crippen molar-refractivity contribution in [1.82, 2.24) is 19.9 Å². The van der Waals surface area contributed by atoms with Gasteiger partial charge < -0.3 is 20.4 Å². The van der Waals surface area contributed by atoms with Crippen molar-refractivity contribution >= 4 is 28.6 Å². The van der Waals surface area contributed by atoms with E-state index in [1.807, 2.05) is 61.8 Å². The normalized spacial score (nSPS) is 16.4. The van der Waals surface area contributed by atoms with Gasteiger partial charge in [-0.25, -0.2) is 0 Å². The Morgan fingerprint density at radius 2 is 2.00 bits per heavy atom. The number of methoxy groups -OCH3 is 1. The molecule has 0 radical (unpaired) electrons. The Bertz CT molecular complexity index is 1210. The van der Waals surface area contributed by atoms with Crippen LogP contribution in [0.15, 0.2) is 60.1 Å². The third-order valence-corrected chi connectivity index (χ3v) is 5.87. The molecule has 2 aromatic heterocycles. The lowest BCUT2D eigenvalue weighted by Crippen LogP contribution is -2.26. The number of benzene rings is 1. The monoisotopic (exact) mass is 436 g/mol. The maximum atomic E-state index is 8.71. The van der Waals surface area contributed by atoms with Gasteiger partial charge in [-0.05, 0) is 31.0 Å². The minimum Gasteiger partial charge on any atom is -0.493 e. The van der Waals surface area contributed by atoms with Gasteiger partial charge in [-0.1, -0.05) is 37.2 Å². The summed E-state index contributed by atoms with van der Waals surface area (Å²) >= 11 is 6.16. The molecule has 160 valence electrons. The van der Waals surface area contributed by atoms with Gasteiger partial charge in [0.2, 0.25) is 5.65 Å². The lowest BCUT2D eigenvalue weighted by Gasteiger charge is -2.30. The highest BCUT2D eigenvalue weighted by molar-refractivity contribution is 6.30. The number of nitrogens with zero attached hydrogens (tertiary/aromatic N) is 4. The summed E-state index contributed by atoms with van der Waals surface area (Å²) < 4.78 is 7.52. The van der Waals surface area contributed by atoms with Gasteiger partial charge in [0.05, 0.1) is 30.2 Å². The number of pyridine rings is 1. The van der Waals surface area contributed by atoms with Crippen molar-refractivity contribution in [1.29, 1.82) is 5.41 Å². The second-order valence-corrected chi connectivity index (χ2v) is 7.79. The van der Waals surface area contributed by atoms with E-state index in [2.05, 4.69) is 27.0 Å². The highest BCUT2D eigenvalue weighted by Crippen LogP contribution is 2.46. The van der Waals surface area contributed by atoms with Crippen LogP contribution in [0.1, 0.15) is 30.8 Å². The molecule has 0 fully saturated rings. The van der Waals surface area contributed by atoms with Crippen molar-refractivity contribution in [2.45, 2.75) is 26.3 Å². The number of ether oxygens (including phenoxy) is 1. The molecule has 31 heavy (non-hydrogen) atoms. The molecule has 0 saturated carbocycles. The van der Waals surface area contributed by atoms with Gasteiger partial charge in [0.15, 0.2) is 5.75 Å². The van der Waals surface area contributed by atoms with Crippen molar-refractivity contribution in [3.63, 3.8) is 0 Å². The van der Waals surface area contributed by atoms with Gasteiger partial charge in [0.25, 0.3) is 0 Å². The standard InChI is InChI=1S/C23H25ClN6O/c1-6-18(25)20-21(26-4)13(2)30(22(20)15-7-9-16(24)10-8-15)17-11-19(31-5)23-28-27-14(3)29(23)12-17/h7-12,22,25-26H,2,6H2,1,3-5H3. The third-order valence-electron chi connectivity index (χ3n) is 5.62. The van der Waals surface area contributed by atoms with E-state index >= 15 is 0 Å². The number of nitrogens with one attached hydrogen (secondary N) is 2. The van der Waals surface area contributed by atoms with Crippen LogP contribution >= 0.6 is 11.6 Å². The fourth-order valence-electron chi connectivity index (χ4n) is 4.09. The first-order valence-corrected chi connectivity index (χ1v) is 10.4. The van der Waals surface area contributed by atoms with E-state index in [0.717, 1.165) is 34.0 Å². The quantitative estimate of drug-likeness (QED) is 0.548. The minimum atomic E-state index is -0.237. The third kappa shape index (κ3) is 3.35. The van der Waals surface area contributed by atoms with Crippen molar-refractivity contribution in [3.8, 4) is 5.75 Å². The average molecular weight is 437 g/mol. The summed E-state index contributed by atoms with van der Waals surface area (Å²) in [5.41, 5.74) is 5.62. The molecular formula is C23H25ClN6O. The Labute approximate surface area is 186 Å². The number of aromatic nitrogens is 3. The summed E-state index contributed by atoms with van der Waals surface area (Å²) in [5, 5.41) is 21.1. The Morgan fingerprint density at radius 1 is 1.29 bits per heavy atom. The van der Waals surface area contributed by atoms with E-state index in [1.54, 1.807) is 7.11 Å². The van der Waals surface area contributed by atoms with Crippen molar-refractivity contribution in [2.75, 3.05) is 19.1 Å². The Balaban J connectivity index is 1.96. The molecule has 0 saturated heterocycles. The Morgan fingerprint density at radius 3 is 2.61 bits per heavy atom. The molecule has 0 bridgehead atoms. The van der Waals surface area contributed by atoms with Crippen LogP contribution in [0.5, 0.6) is 5.75 Å². The first kappa shape index (κ1) is 20.9. The number of aryl methyl sites for hydroxylation is 1. The molecule has 3 heterocycles. The van der Waals surface area contributed by atoms with Gasteiger partial charge in [0.1, 0.15) is 5.82 Å². The average Bonchev–Trinajstić information content (AvgIpc) is 3.30. The highest BCUT2D eigenvalue weighted by atomic mass is 35.5. The molecule has 2 N–H and O–H groups in total. The number of fused-ring (bicyclic) bond motifs is 1. The van der Waals surface area contributed by atoms with Crippen molar-refractivity contribution in [2.24, 2.45) is 0 Å². The second-order valence-electron chi connectivity index (χ2n) is 7.35. The number of hydrogen-bond acceptors (Lipinski definition) is 6. The van der Waals surface area contributed by atoms with E-state index in [9.17, 15) is 0 Å². The SMILES string of the molecule is C=C1C(NC)=C(C(=N)CC)C(c2ccc(Cl)cc2)N1c1cc(OC)c2nnc(C)n2c1. The summed E-state index contributed by atoms with van der Waals surface area (Å²) in [7, 11) is 3.48. The van der Waals surface area contributed by atoms with Crippen LogP contribution in [0.4, 0.5) is 5.69 Å². The first-order valence-electron chi connectivity index (χ1n) is 10.0. The van der Waals surface area contributed by atoms with Crippen LogP contribution in [-0.4, -0.2) is 34.5 Å². The van der Waals surface area contributed by atoms with E-state index in [1.165, 1.54) is 0 Å². The molecule has 1 aromatic carbocycles. The minimum absolute atomic E-state index is 0.237. The van der Waals surface area contributed by atoms with Gasteiger partial charge in [-0.3, -0.25) is 4.40 Å². The fourth-order valence-corrected chi connectivity index (χ4v) is 4.22. The topological polar surface area (TPSA) is 78.5 Å². The predicted molar refractivity (Wildman–Crippen MR) is 124 cm³/mol. The summed E-state index contributed by atoms with van der Waals surface area (Å²) in [6.45, 7) is 8.26. The predicted octanol–water partition coefficient (Wildman–Crippen LogP) is 4.68. The Kier molecular flexibility index (Phi) is 5.45. The first-order chi connectivity index (χ1) is 14.9. The number of rotatable bonds is 6. The van der Waals surface area contributed by atoms with Crippen molar-refractivity contribution in [3.05, 3.63) is 76.5 Å². The van der Waals surface area contributed by atoms with Crippen LogP contribution < -0.4 is 15.0 Å². The molecule has 8 heteroatoms. The van der Waals surface area contributed by atoms with Crippen LogP contribution in [0.25, 0.3) is 5.65 Å². The van der Waals surface area contributed by atoms with Crippen LogP contribution in [0, 0.1) is 12.3 Å². The van der Waals surface area contributed by atoms with E-state index in [0.29, 0.717) is 28.6 Å². The van der Waals surface area contributed by atoms with Gasteiger partial charge >= 0.3 is 0 Å². The van der Waals surface area contributed by atoms with E-state index < -0.39 is 0 Å². The summed E-state index contributed by atoms with van der Waals surface area (Å²) in [5.74, 6) is 1.37. The number of likely N-dealkylation sites (N-methyl/N-ethyl adjacent to an activating group) is 1. The molecule has 1 unspecified atom stereocenters. The van der Waals surface area contributed by atoms with Crippen LogP contribution in [-0.2, 0) is 0 Å². The maximum Gasteiger partial charge on any atom is 0.203 e. The zero-order valence-electron chi connectivity index (χ0n) is 18.0. The second kappa shape index (κ2) is 8.07. The molecule has 4 rings (SSSR count). The summed E-state index contributed by atoms with van der Waals surface area (Å²) in [6.07, 6.45) is 2.59. The lowest BCUT2D eigenvalue weighted by atomic mass is 9.94. The fraction of sp³-hybridized carbons (Fsp3) is 0.261. The molecule has 0 amide bonds. The van der Waals surface area contributed by atoms with Crippen LogP contribution in [0.2, 0.25) is 5.02 Å². The molecule has 0 aliphatic carbocycles. The highest BCUT2D eigenvalue weighted by Gasteiger charge is 2.39. The molecule has 1 aliphatic rings. The lowest BCUT2D eigenvalue weighted by molar-refractivity contribution is 0.416. The number of anilines is 1. The Hall–Kier alpha value is -3.32.